The summed E-state index contributed by atoms with van der Waals surface area (Å²) in [7, 11) is -3.82. The number of hydrogen-bond acceptors (Lipinski definition) is 4. The van der Waals surface area contributed by atoms with Gasteiger partial charge in [0.05, 0.1) is 11.2 Å². The van der Waals surface area contributed by atoms with E-state index in [-0.39, 0.29) is 6.42 Å². The van der Waals surface area contributed by atoms with E-state index in [1.807, 2.05) is 0 Å². The van der Waals surface area contributed by atoms with Crippen LogP contribution in [0.3, 0.4) is 0 Å². The molecule has 0 heterocycles. The third kappa shape index (κ3) is 19.6. The molecule has 0 saturated heterocycles. The monoisotopic (exact) mass is 378 g/mol. The first-order valence-electron chi connectivity index (χ1n) is 9.30. The Bertz CT molecular complexity index is 430. The topological polar surface area (TPSA) is 63.6 Å². The maximum atomic E-state index is 11.2. The molecule has 0 rings (SSSR count). The lowest BCUT2D eigenvalue weighted by Crippen LogP contribution is -2.10. The summed E-state index contributed by atoms with van der Waals surface area (Å²) >= 11 is 4.11. The van der Waals surface area contributed by atoms with Gasteiger partial charge in [-0.2, -0.15) is 4.21 Å². The normalized spacial score (nSPS) is 13.9. The Kier molecular flexibility index (Phi) is 15.7. The molecule has 1 unspecified atom stereocenters. The third-order valence-corrected chi connectivity index (χ3v) is 4.44. The molecule has 0 saturated carbocycles. The second-order valence-corrected chi connectivity index (χ2v) is 8.50. The Hall–Kier alpha value is -0.460. The minimum atomic E-state index is -3.82. The van der Waals surface area contributed by atoms with Crippen molar-refractivity contribution >= 4 is 26.2 Å². The van der Waals surface area contributed by atoms with Crippen LogP contribution in [0, 0.1) is 0 Å². The van der Waals surface area contributed by atoms with Crippen LogP contribution in [-0.4, -0.2) is 14.7 Å². The number of allylic oxidation sites excluding steroid dienone is 2. The molecule has 1 atom stereocenters. The van der Waals surface area contributed by atoms with E-state index in [4.69, 9.17) is 4.55 Å². The van der Waals surface area contributed by atoms with E-state index in [0.717, 1.165) is 25.7 Å². The zero-order valence-corrected chi connectivity index (χ0v) is 16.7. The van der Waals surface area contributed by atoms with Crippen LogP contribution in [0.2, 0.25) is 0 Å². The predicted molar refractivity (Wildman–Crippen MR) is 104 cm³/mol. The molecule has 0 aliphatic heterocycles. The zero-order chi connectivity index (χ0) is 18.1. The van der Waals surface area contributed by atoms with Gasteiger partial charge in [-0.1, -0.05) is 70.4 Å². The first-order valence-corrected chi connectivity index (χ1v) is 11.7. The molecule has 142 valence electrons. The highest BCUT2D eigenvalue weighted by molar-refractivity contribution is 8.27. The van der Waals surface area contributed by atoms with Crippen LogP contribution in [-0.2, 0) is 29.2 Å². The molecule has 0 aliphatic rings. The van der Waals surface area contributed by atoms with Gasteiger partial charge in [-0.05, 0) is 32.1 Å². The zero-order valence-electron chi connectivity index (χ0n) is 15.0. The molecular weight excluding hydrogens is 344 g/mol. The van der Waals surface area contributed by atoms with E-state index >= 15 is 0 Å². The lowest BCUT2D eigenvalue weighted by Gasteiger charge is -2.02. The van der Waals surface area contributed by atoms with Crippen LogP contribution < -0.4 is 0 Å². The van der Waals surface area contributed by atoms with E-state index in [0.29, 0.717) is 6.42 Å². The smallest absolute Gasteiger partial charge is 0.322 e. The van der Waals surface area contributed by atoms with Gasteiger partial charge in [-0.15, -0.1) is 0 Å². The van der Waals surface area contributed by atoms with E-state index in [9.17, 15) is 9.00 Å². The van der Waals surface area contributed by atoms with Crippen molar-refractivity contribution in [3.05, 3.63) is 12.2 Å². The molecule has 0 bridgehead atoms. The van der Waals surface area contributed by atoms with E-state index < -0.39 is 15.0 Å². The standard InChI is InChI=1S/C18H34O4S2/c1-2-3-4-5-6-7-8-9-10-11-12-13-14-15-16-17-18(19)22-24(20,21)23/h9-10H,2-8,11-17H2,1H3,(H,20,21,23)/b10-9-. The van der Waals surface area contributed by atoms with Crippen LogP contribution in [0.5, 0.6) is 0 Å². The summed E-state index contributed by atoms with van der Waals surface area (Å²) in [6.45, 7) is 2.24. The van der Waals surface area contributed by atoms with E-state index in [1.54, 1.807) is 0 Å². The number of carbonyl (C=O) groups is 1. The van der Waals surface area contributed by atoms with Crippen LogP contribution in [0.1, 0.15) is 96.8 Å². The molecular formula is C18H34O4S2. The van der Waals surface area contributed by atoms with Crippen LogP contribution in [0.25, 0.3) is 0 Å². The molecule has 0 radical (unpaired) electrons. The largest absolute Gasteiger partial charge is 0.345 e. The van der Waals surface area contributed by atoms with Gasteiger partial charge >= 0.3 is 15.0 Å². The van der Waals surface area contributed by atoms with Crippen molar-refractivity contribution in [3.8, 4) is 0 Å². The van der Waals surface area contributed by atoms with Crippen LogP contribution in [0.15, 0.2) is 12.2 Å². The number of unbranched alkanes of at least 4 members (excludes halogenated alkanes) is 11. The molecule has 0 amide bonds. The molecule has 6 heteroatoms. The van der Waals surface area contributed by atoms with Crippen LogP contribution >= 0.6 is 0 Å². The molecule has 0 fully saturated rings. The van der Waals surface area contributed by atoms with Gasteiger partial charge in [-0.3, -0.25) is 9.35 Å². The van der Waals surface area contributed by atoms with Gasteiger partial charge in [0.2, 0.25) is 0 Å². The summed E-state index contributed by atoms with van der Waals surface area (Å²) in [5.74, 6) is -0.685. The Labute approximate surface area is 153 Å². The maximum absolute atomic E-state index is 11.2. The van der Waals surface area contributed by atoms with Crippen molar-refractivity contribution in [2.24, 2.45) is 0 Å². The van der Waals surface area contributed by atoms with E-state index in [1.165, 1.54) is 51.4 Å². The predicted octanol–water partition coefficient (Wildman–Crippen LogP) is 5.70. The average Bonchev–Trinajstić information content (AvgIpc) is 2.49. The van der Waals surface area contributed by atoms with Crippen LogP contribution in [0.4, 0.5) is 0 Å². The molecule has 0 aromatic heterocycles. The highest BCUT2D eigenvalue weighted by Crippen LogP contribution is 2.10. The summed E-state index contributed by atoms with van der Waals surface area (Å²) < 4.78 is 23.6. The van der Waals surface area contributed by atoms with Crippen molar-refractivity contribution in [1.82, 2.24) is 0 Å². The maximum Gasteiger partial charge on any atom is 0.322 e. The molecule has 0 aromatic rings. The highest BCUT2D eigenvalue weighted by atomic mass is 32.9. The van der Waals surface area contributed by atoms with Gasteiger partial charge in [-0.25, -0.2) is 0 Å². The van der Waals surface area contributed by atoms with Crippen molar-refractivity contribution in [2.75, 3.05) is 0 Å². The summed E-state index contributed by atoms with van der Waals surface area (Å²) in [5, 5.41) is 0. The van der Waals surface area contributed by atoms with E-state index in [2.05, 4.69) is 34.4 Å². The molecule has 4 nitrogen and oxygen atoms in total. The summed E-state index contributed by atoms with van der Waals surface area (Å²) in [5.41, 5.74) is 0. The fourth-order valence-electron chi connectivity index (χ4n) is 2.50. The summed E-state index contributed by atoms with van der Waals surface area (Å²) in [4.78, 5) is 11.2. The molecule has 0 spiro atoms. The third-order valence-electron chi connectivity index (χ3n) is 3.84. The Morgan fingerprint density at radius 3 is 1.88 bits per heavy atom. The fraction of sp³-hybridized carbons (Fsp3) is 0.833. The number of rotatable bonds is 16. The molecule has 0 aliphatic carbocycles. The molecule has 0 aromatic carbocycles. The van der Waals surface area contributed by atoms with Crippen molar-refractivity contribution in [2.45, 2.75) is 96.8 Å². The lowest BCUT2D eigenvalue weighted by molar-refractivity contribution is -0.134. The number of hydrogen-bond donors (Lipinski definition) is 1. The van der Waals surface area contributed by atoms with Gasteiger partial charge in [0.1, 0.15) is 0 Å². The minimum Gasteiger partial charge on any atom is -0.345 e. The van der Waals surface area contributed by atoms with Crippen molar-refractivity contribution in [3.63, 3.8) is 0 Å². The lowest BCUT2D eigenvalue weighted by atomic mass is 10.1. The first-order chi connectivity index (χ1) is 11.5. The van der Waals surface area contributed by atoms with Gasteiger partial charge < -0.3 is 4.18 Å². The Morgan fingerprint density at radius 1 is 0.917 bits per heavy atom. The summed E-state index contributed by atoms with van der Waals surface area (Å²) in [6.07, 6.45) is 20.2. The summed E-state index contributed by atoms with van der Waals surface area (Å²) in [6, 6.07) is 0. The number of carbonyl (C=O) groups excluding carboxylic acids is 1. The fourth-order valence-corrected chi connectivity index (χ4v) is 3.05. The first kappa shape index (κ1) is 23.5. The van der Waals surface area contributed by atoms with Crippen molar-refractivity contribution < 1.29 is 17.7 Å². The molecule has 1 N–H and O–H groups in total. The van der Waals surface area contributed by atoms with Gasteiger partial charge in [0.15, 0.2) is 0 Å². The van der Waals surface area contributed by atoms with Gasteiger partial charge in [0.25, 0.3) is 0 Å². The van der Waals surface area contributed by atoms with Crippen molar-refractivity contribution in [1.29, 1.82) is 0 Å². The quantitative estimate of drug-likeness (QED) is 0.276. The van der Waals surface area contributed by atoms with Gasteiger partial charge in [0, 0.05) is 6.42 Å². The SMILES string of the molecule is CCCCCCCC/C=C\CCCCCCCC(=O)OS(=O)(O)=S. The second kappa shape index (κ2) is 16.0. The Morgan fingerprint density at radius 2 is 1.38 bits per heavy atom. The Balaban J connectivity index is 3.27. The minimum absolute atomic E-state index is 0.159. The second-order valence-electron chi connectivity index (χ2n) is 6.22. The molecule has 24 heavy (non-hydrogen) atoms. The highest BCUT2D eigenvalue weighted by Gasteiger charge is 2.08. The average molecular weight is 379 g/mol.